The van der Waals surface area contributed by atoms with Crippen molar-refractivity contribution in [1.29, 1.82) is 0 Å². The molecule has 0 saturated heterocycles. The van der Waals surface area contributed by atoms with Gasteiger partial charge >= 0.3 is 0 Å². The van der Waals surface area contributed by atoms with E-state index >= 15 is 0 Å². The molecule has 1 aromatic heterocycles. The largest absolute Gasteiger partial charge is 0.481 e. The molecule has 2 aromatic rings. The molecule has 0 amide bonds. The molecule has 0 atom stereocenters. The van der Waals surface area contributed by atoms with Gasteiger partial charge in [-0.1, -0.05) is 24.6 Å². The summed E-state index contributed by atoms with van der Waals surface area (Å²) < 4.78 is 5.06. The lowest BCUT2D eigenvalue weighted by atomic mass is 10.0. The molecule has 2 rings (SSSR count). The normalized spacial score (nSPS) is 10.5. The summed E-state index contributed by atoms with van der Waals surface area (Å²) in [5, 5.41) is 4.07. The van der Waals surface area contributed by atoms with Crippen LogP contribution in [-0.2, 0) is 6.54 Å². The summed E-state index contributed by atoms with van der Waals surface area (Å²) in [7, 11) is 1.61. The van der Waals surface area contributed by atoms with Crippen LogP contribution in [0.3, 0.4) is 0 Å². The molecule has 1 heterocycles. The second-order valence-corrected chi connectivity index (χ2v) is 4.58. The molecule has 4 heteroatoms. The van der Waals surface area contributed by atoms with Gasteiger partial charge in [0.25, 0.3) is 0 Å². The number of rotatable bonds is 5. The minimum Gasteiger partial charge on any atom is -0.481 e. The Hall–Kier alpha value is -1.58. The summed E-state index contributed by atoms with van der Waals surface area (Å²) in [6.07, 6.45) is 1.80. The van der Waals surface area contributed by atoms with Crippen molar-refractivity contribution in [3.05, 3.63) is 47.1 Å². The fourth-order valence-corrected chi connectivity index (χ4v) is 2.01. The zero-order chi connectivity index (χ0) is 13.7. The Morgan fingerprint density at radius 2 is 2.00 bits per heavy atom. The average molecular weight is 277 g/mol. The molecular weight excluding hydrogens is 260 g/mol. The Balaban J connectivity index is 2.28. The van der Waals surface area contributed by atoms with Crippen LogP contribution in [0.1, 0.15) is 12.5 Å². The summed E-state index contributed by atoms with van der Waals surface area (Å²) >= 11 is 6.19. The first-order chi connectivity index (χ1) is 9.24. The number of nitrogens with one attached hydrogen (secondary N) is 1. The molecular formula is C15H17ClN2O. The lowest BCUT2D eigenvalue weighted by Crippen LogP contribution is -2.12. The van der Waals surface area contributed by atoms with Crippen molar-refractivity contribution in [2.45, 2.75) is 13.5 Å². The molecule has 0 aliphatic rings. The van der Waals surface area contributed by atoms with Gasteiger partial charge in [0, 0.05) is 29.4 Å². The Bertz CT molecular complexity index is 540. The van der Waals surface area contributed by atoms with E-state index in [1.54, 1.807) is 13.3 Å². The minimum atomic E-state index is 0.616. The average Bonchev–Trinajstić information content (AvgIpc) is 2.46. The summed E-state index contributed by atoms with van der Waals surface area (Å²) in [5.74, 6) is 0.616. The first-order valence-corrected chi connectivity index (χ1v) is 6.62. The Morgan fingerprint density at radius 3 is 2.63 bits per heavy atom. The number of methoxy groups -OCH3 is 1. The van der Waals surface area contributed by atoms with E-state index in [9.17, 15) is 0 Å². The van der Waals surface area contributed by atoms with E-state index in [2.05, 4.69) is 23.3 Å². The SMILES string of the molecule is CCNCc1cc(-c2ccc(OC)nc2)ccc1Cl. The van der Waals surface area contributed by atoms with Crippen LogP contribution in [0.5, 0.6) is 5.88 Å². The monoisotopic (exact) mass is 276 g/mol. The highest BCUT2D eigenvalue weighted by Gasteiger charge is 2.04. The van der Waals surface area contributed by atoms with Crippen molar-refractivity contribution in [3.8, 4) is 17.0 Å². The summed E-state index contributed by atoms with van der Waals surface area (Å²) in [5.41, 5.74) is 3.25. The maximum Gasteiger partial charge on any atom is 0.212 e. The zero-order valence-corrected chi connectivity index (χ0v) is 11.9. The van der Waals surface area contributed by atoms with E-state index in [-0.39, 0.29) is 0 Å². The van der Waals surface area contributed by atoms with Crippen molar-refractivity contribution in [2.24, 2.45) is 0 Å². The maximum absolute atomic E-state index is 6.19. The fourth-order valence-electron chi connectivity index (χ4n) is 1.82. The van der Waals surface area contributed by atoms with Gasteiger partial charge in [0.05, 0.1) is 7.11 Å². The van der Waals surface area contributed by atoms with E-state index < -0.39 is 0 Å². The third-order valence-electron chi connectivity index (χ3n) is 2.89. The van der Waals surface area contributed by atoms with Crippen LogP contribution in [0.4, 0.5) is 0 Å². The predicted molar refractivity (Wildman–Crippen MR) is 78.6 cm³/mol. The Morgan fingerprint density at radius 1 is 1.21 bits per heavy atom. The molecule has 0 fully saturated rings. The molecule has 19 heavy (non-hydrogen) atoms. The van der Waals surface area contributed by atoms with Gasteiger partial charge in [-0.25, -0.2) is 4.98 Å². The van der Waals surface area contributed by atoms with Crippen molar-refractivity contribution < 1.29 is 4.74 Å². The molecule has 3 nitrogen and oxygen atoms in total. The van der Waals surface area contributed by atoms with E-state index in [0.717, 1.165) is 34.8 Å². The lowest BCUT2D eigenvalue weighted by molar-refractivity contribution is 0.398. The van der Waals surface area contributed by atoms with Gasteiger partial charge in [0.15, 0.2) is 0 Å². The Kier molecular flexibility index (Phi) is 4.77. The maximum atomic E-state index is 6.19. The first-order valence-electron chi connectivity index (χ1n) is 6.24. The molecule has 1 N–H and O–H groups in total. The number of aromatic nitrogens is 1. The predicted octanol–water partition coefficient (Wildman–Crippen LogP) is 3.52. The van der Waals surface area contributed by atoms with Crippen LogP contribution >= 0.6 is 11.6 Å². The standard InChI is InChI=1S/C15H17ClN2O/c1-3-17-9-13-8-11(4-6-14(13)16)12-5-7-15(19-2)18-10-12/h4-8,10,17H,3,9H2,1-2H3. The molecule has 1 aromatic carbocycles. The van der Waals surface area contributed by atoms with Crippen molar-refractivity contribution in [3.63, 3.8) is 0 Å². The smallest absolute Gasteiger partial charge is 0.212 e. The van der Waals surface area contributed by atoms with E-state index in [1.807, 2.05) is 24.3 Å². The molecule has 0 radical (unpaired) electrons. The summed E-state index contributed by atoms with van der Waals surface area (Å²) in [6.45, 7) is 3.77. The zero-order valence-electron chi connectivity index (χ0n) is 11.1. The number of benzene rings is 1. The van der Waals surface area contributed by atoms with E-state index in [4.69, 9.17) is 16.3 Å². The van der Waals surface area contributed by atoms with Crippen LogP contribution < -0.4 is 10.1 Å². The van der Waals surface area contributed by atoms with Crippen molar-refractivity contribution in [2.75, 3.05) is 13.7 Å². The van der Waals surface area contributed by atoms with Gasteiger partial charge in [-0.05, 0) is 35.9 Å². The molecule has 0 saturated carbocycles. The van der Waals surface area contributed by atoms with Gasteiger partial charge in [0.2, 0.25) is 5.88 Å². The summed E-state index contributed by atoms with van der Waals surface area (Å²) in [4.78, 5) is 4.22. The van der Waals surface area contributed by atoms with Gasteiger partial charge in [0.1, 0.15) is 0 Å². The van der Waals surface area contributed by atoms with Crippen LogP contribution in [0.25, 0.3) is 11.1 Å². The summed E-state index contributed by atoms with van der Waals surface area (Å²) in [6, 6.07) is 9.86. The quantitative estimate of drug-likeness (QED) is 0.907. The molecule has 0 aliphatic carbocycles. The molecule has 0 spiro atoms. The third-order valence-corrected chi connectivity index (χ3v) is 3.26. The van der Waals surface area contributed by atoms with Gasteiger partial charge in [-0.3, -0.25) is 0 Å². The second kappa shape index (κ2) is 6.55. The van der Waals surface area contributed by atoms with Gasteiger partial charge in [-0.2, -0.15) is 0 Å². The third kappa shape index (κ3) is 3.46. The minimum absolute atomic E-state index is 0.616. The first kappa shape index (κ1) is 13.8. The fraction of sp³-hybridized carbons (Fsp3) is 0.267. The molecule has 0 bridgehead atoms. The number of pyridine rings is 1. The Labute approximate surface area is 118 Å². The number of halogens is 1. The van der Waals surface area contributed by atoms with Gasteiger partial charge in [-0.15, -0.1) is 0 Å². The number of hydrogen-bond acceptors (Lipinski definition) is 3. The van der Waals surface area contributed by atoms with Crippen molar-refractivity contribution >= 4 is 11.6 Å². The highest BCUT2D eigenvalue weighted by molar-refractivity contribution is 6.31. The van der Waals surface area contributed by atoms with Crippen LogP contribution in [0, 0.1) is 0 Å². The second-order valence-electron chi connectivity index (χ2n) is 4.18. The van der Waals surface area contributed by atoms with Crippen LogP contribution in [-0.4, -0.2) is 18.6 Å². The van der Waals surface area contributed by atoms with Crippen LogP contribution in [0.2, 0.25) is 5.02 Å². The van der Waals surface area contributed by atoms with E-state index in [0.29, 0.717) is 5.88 Å². The number of nitrogens with zero attached hydrogens (tertiary/aromatic N) is 1. The van der Waals surface area contributed by atoms with Gasteiger partial charge < -0.3 is 10.1 Å². The van der Waals surface area contributed by atoms with Crippen LogP contribution in [0.15, 0.2) is 36.5 Å². The molecule has 0 unspecified atom stereocenters. The number of ether oxygens (including phenoxy) is 1. The number of hydrogen-bond donors (Lipinski definition) is 1. The van der Waals surface area contributed by atoms with E-state index in [1.165, 1.54) is 0 Å². The molecule has 0 aliphatic heterocycles. The lowest BCUT2D eigenvalue weighted by Gasteiger charge is -2.08. The highest BCUT2D eigenvalue weighted by Crippen LogP contribution is 2.25. The molecule has 100 valence electrons. The topological polar surface area (TPSA) is 34.1 Å². The highest BCUT2D eigenvalue weighted by atomic mass is 35.5. The van der Waals surface area contributed by atoms with Crippen molar-refractivity contribution in [1.82, 2.24) is 10.3 Å².